The van der Waals surface area contributed by atoms with Crippen molar-refractivity contribution in [3.63, 3.8) is 0 Å². The monoisotopic (exact) mass is 175 g/mol. The molecule has 2 atom stereocenters. The van der Waals surface area contributed by atoms with Gasteiger partial charge in [0.15, 0.2) is 0 Å². The second kappa shape index (κ2) is 3.87. The average Bonchev–Trinajstić information content (AvgIpc) is 1.82. The van der Waals surface area contributed by atoms with Crippen molar-refractivity contribution in [2.75, 3.05) is 0 Å². The molecule has 0 aromatic heterocycles. The van der Waals surface area contributed by atoms with Crippen molar-refractivity contribution in [2.24, 2.45) is 5.73 Å². The molecule has 0 radical (unpaired) electrons. The summed E-state index contributed by atoms with van der Waals surface area (Å²) >= 11 is 0. The van der Waals surface area contributed by atoms with E-state index < -0.39 is 23.7 Å². The number of hydrogen-bond acceptors (Lipinski definition) is 4. The first-order valence-electron chi connectivity index (χ1n) is 3.90. The van der Waals surface area contributed by atoms with Crippen LogP contribution in [0.5, 0.6) is 0 Å². The van der Waals surface area contributed by atoms with E-state index in [1.165, 1.54) is 6.92 Å². The van der Waals surface area contributed by atoms with E-state index in [4.69, 9.17) is 15.6 Å². The lowest BCUT2D eigenvalue weighted by molar-refractivity contribution is -0.158. The molecule has 0 rings (SSSR count). The number of nitrogens with two attached hydrogens (primary N) is 1. The fourth-order valence-corrected chi connectivity index (χ4v) is 0.567. The molecular weight excluding hydrogens is 158 g/mol. The quantitative estimate of drug-likeness (QED) is 0.581. The van der Waals surface area contributed by atoms with Crippen LogP contribution in [0.3, 0.4) is 0 Å². The Balaban J connectivity index is 4.05. The van der Waals surface area contributed by atoms with Gasteiger partial charge in [0.05, 0.1) is 6.10 Å². The first-order valence-corrected chi connectivity index (χ1v) is 3.90. The van der Waals surface area contributed by atoms with E-state index in [-0.39, 0.29) is 0 Å². The van der Waals surface area contributed by atoms with Gasteiger partial charge in [0.2, 0.25) is 0 Å². The fraction of sp³-hybridized carbons (Fsp3) is 0.875. The minimum absolute atomic E-state index is 0.552. The Labute approximate surface area is 72.7 Å². The zero-order chi connectivity index (χ0) is 9.94. The molecule has 0 aliphatic carbocycles. The lowest BCUT2D eigenvalue weighted by atomic mass is 10.1. The fourth-order valence-electron chi connectivity index (χ4n) is 0.567. The van der Waals surface area contributed by atoms with Crippen molar-refractivity contribution in [1.82, 2.24) is 0 Å². The number of aliphatic hydroxyl groups excluding tert-OH is 1. The highest BCUT2D eigenvalue weighted by molar-refractivity contribution is 5.76. The van der Waals surface area contributed by atoms with Gasteiger partial charge in [-0.05, 0) is 27.7 Å². The number of esters is 1. The van der Waals surface area contributed by atoms with Crippen LogP contribution in [0.15, 0.2) is 0 Å². The van der Waals surface area contributed by atoms with E-state index in [9.17, 15) is 4.79 Å². The van der Waals surface area contributed by atoms with Crippen LogP contribution in [-0.2, 0) is 9.53 Å². The Morgan fingerprint density at radius 2 is 1.92 bits per heavy atom. The molecule has 0 unspecified atom stereocenters. The van der Waals surface area contributed by atoms with Crippen LogP contribution in [0.1, 0.15) is 27.7 Å². The smallest absolute Gasteiger partial charge is 0.326 e. The standard InChI is InChI=1S/C8H17NO3/c1-5(10)6(9)7(11)12-8(2,3)4/h5-6,10H,9H2,1-4H3/t5-,6+/m1/s1. The zero-order valence-corrected chi connectivity index (χ0v) is 8.00. The van der Waals surface area contributed by atoms with Gasteiger partial charge in [-0.1, -0.05) is 0 Å². The van der Waals surface area contributed by atoms with Crippen molar-refractivity contribution >= 4 is 5.97 Å². The molecule has 4 heteroatoms. The Bertz CT molecular complexity index is 160. The highest BCUT2D eigenvalue weighted by Crippen LogP contribution is 2.08. The minimum Gasteiger partial charge on any atom is -0.459 e. The molecule has 3 N–H and O–H groups in total. The van der Waals surface area contributed by atoms with Gasteiger partial charge in [-0.2, -0.15) is 0 Å². The predicted octanol–water partition coefficient (Wildman–Crippen LogP) is 0.0362. The van der Waals surface area contributed by atoms with Crippen molar-refractivity contribution in [1.29, 1.82) is 0 Å². The van der Waals surface area contributed by atoms with E-state index in [0.717, 1.165) is 0 Å². The summed E-state index contributed by atoms with van der Waals surface area (Å²) in [7, 11) is 0. The van der Waals surface area contributed by atoms with E-state index in [1.54, 1.807) is 20.8 Å². The first-order chi connectivity index (χ1) is 5.24. The van der Waals surface area contributed by atoms with Crippen LogP contribution in [0.2, 0.25) is 0 Å². The van der Waals surface area contributed by atoms with Gasteiger partial charge in [-0.3, -0.25) is 4.79 Å². The maximum Gasteiger partial charge on any atom is 0.326 e. The van der Waals surface area contributed by atoms with Gasteiger partial charge >= 0.3 is 5.97 Å². The SMILES string of the molecule is C[C@@H](O)[C@H](N)C(=O)OC(C)(C)C. The minimum atomic E-state index is -0.954. The molecule has 0 bridgehead atoms. The van der Waals surface area contributed by atoms with Crippen LogP contribution in [0.25, 0.3) is 0 Å². The van der Waals surface area contributed by atoms with Crippen LogP contribution in [-0.4, -0.2) is 28.8 Å². The van der Waals surface area contributed by atoms with Gasteiger partial charge in [0, 0.05) is 0 Å². The second-order valence-corrected chi connectivity index (χ2v) is 3.80. The summed E-state index contributed by atoms with van der Waals surface area (Å²) in [4.78, 5) is 11.1. The number of carbonyl (C=O) groups is 1. The molecule has 0 aromatic carbocycles. The third-order valence-corrected chi connectivity index (χ3v) is 1.20. The molecule has 12 heavy (non-hydrogen) atoms. The van der Waals surface area contributed by atoms with Crippen LogP contribution < -0.4 is 5.73 Å². The summed E-state index contributed by atoms with van der Waals surface area (Å²) in [6.07, 6.45) is -0.875. The molecule has 0 saturated heterocycles. The maximum atomic E-state index is 11.1. The number of ether oxygens (including phenoxy) is 1. The summed E-state index contributed by atoms with van der Waals surface area (Å²) < 4.78 is 4.94. The lowest BCUT2D eigenvalue weighted by Crippen LogP contribution is -2.44. The van der Waals surface area contributed by atoms with E-state index in [0.29, 0.717) is 0 Å². The largest absolute Gasteiger partial charge is 0.459 e. The Kier molecular flexibility index (Phi) is 3.67. The zero-order valence-electron chi connectivity index (χ0n) is 8.00. The topological polar surface area (TPSA) is 72.5 Å². The average molecular weight is 175 g/mol. The third-order valence-electron chi connectivity index (χ3n) is 1.20. The van der Waals surface area contributed by atoms with Gasteiger partial charge < -0.3 is 15.6 Å². The predicted molar refractivity (Wildman–Crippen MR) is 45.5 cm³/mol. The second-order valence-electron chi connectivity index (χ2n) is 3.80. The summed E-state index contributed by atoms with van der Waals surface area (Å²) in [6, 6.07) is -0.954. The number of hydrogen-bond donors (Lipinski definition) is 2. The summed E-state index contributed by atoms with van der Waals surface area (Å²) in [5.74, 6) is -0.572. The molecule has 0 aliphatic rings. The molecule has 4 nitrogen and oxygen atoms in total. The molecule has 0 amide bonds. The number of carbonyl (C=O) groups excluding carboxylic acids is 1. The van der Waals surface area contributed by atoms with Crippen LogP contribution >= 0.6 is 0 Å². The van der Waals surface area contributed by atoms with Crippen molar-refractivity contribution in [3.05, 3.63) is 0 Å². The molecule has 0 aromatic rings. The van der Waals surface area contributed by atoms with Crippen molar-refractivity contribution in [2.45, 2.75) is 45.4 Å². The van der Waals surface area contributed by atoms with Gasteiger partial charge in [0.1, 0.15) is 11.6 Å². The molecule has 72 valence electrons. The molecule has 0 saturated carbocycles. The maximum absolute atomic E-state index is 11.1. The number of rotatable bonds is 2. The third kappa shape index (κ3) is 4.31. The van der Waals surface area contributed by atoms with Crippen molar-refractivity contribution in [3.8, 4) is 0 Å². The Hall–Kier alpha value is -0.610. The Morgan fingerprint density at radius 3 is 2.17 bits per heavy atom. The van der Waals surface area contributed by atoms with Crippen LogP contribution in [0, 0.1) is 0 Å². The summed E-state index contributed by atoms with van der Waals surface area (Å²) in [6.45, 7) is 6.70. The number of aliphatic hydroxyl groups is 1. The molecule has 0 spiro atoms. The molecule has 0 fully saturated rings. The summed E-state index contributed by atoms with van der Waals surface area (Å²) in [5.41, 5.74) is 4.79. The molecular formula is C8H17NO3. The van der Waals surface area contributed by atoms with Crippen LogP contribution in [0.4, 0.5) is 0 Å². The van der Waals surface area contributed by atoms with Gasteiger partial charge in [0.25, 0.3) is 0 Å². The molecule has 0 aliphatic heterocycles. The normalized spacial score (nSPS) is 16.8. The van der Waals surface area contributed by atoms with E-state index in [1.807, 2.05) is 0 Å². The Morgan fingerprint density at radius 1 is 1.50 bits per heavy atom. The van der Waals surface area contributed by atoms with E-state index in [2.05, 4.69) is 0 Å². The van der Waals surface area contributed by atoms with Crippen molar-refractivity contribution < 1.29 is 14.6 Å². The van der Waals surface area contributed by atoms with Gasteiger partial charge in [-0.25, -0.2) is 0 Å². The highest BCUT2D eigenvalue weighted by Gasteiger charge is 2.25. The summed E-state index contributed by atoms with van der Waals surface area (Å²) in [5, 5.41) is 8.96. The molecule has 0 heterocycles. The lowest BCUT2D eigenvalue weighted by Gasteiger charge is -2.23. The van der Waals surface area contributed by atoms with Gasteiger partial charge in [-0.15, -0.1) is 0 Å². The first kappa shape index (κ1) is 11.4. The highest BCUT2D eigenvalue weighted by atomic mass is 16.6. The van der Waals surface area contributed by atoms with E-state index >= 15 is 0 Å².